The number of rotatable bonds is 3. The van der Waals surface area contributed by atoms with Gasteiger partial charge in [0.05, 0.1) is 12.8 Å². The molecule has 3 aliphatic carbocycles. The van der Waals surface area contributed by atoms with Crippen molar-refractivity contribution in [2.45, 2.75) is 65.3 Å². The number of fused-ring (bicyclic) bond motifs is 5. The van der Waals surface area contributed by atoms with E-state index in [9.17, 15) is 4.79 Å². The zero-order valence-electron chi connectivity index (χ0n) is 18.6. The van der Waals surface area contributed by atoms with E-state index in [0.717, 1.165) is 54.8 Å². The molecule has 2 fully saturated rings. The number of ether oxygens (including phenoxy) is 1. The van der Waals surface area contributed by atoms with Crippen molar-refractivity contribution in [2.24, 2.45) is 17.3 Å². The van der Waals surface area contributed by atoms with Crippen LogP contribution in [0.1, 0.15) is 67.8 Å². The minimum absolute atomic E-state index is 0.203. The van der Waals surface area contributed by atoms with Crippen LogP contribution in [0.5, 0.6) is 5.75 Å². The van der Waals surface area contributed by atoms with Crippen LogP contribution in [0.15, 0.2) is 30.0 Å². The molecule has 2 saturated carbocycles. The first-order valence-electron chi connectivity index (χ1n) is 11.4. The zero-order chi connectivity index (χ0) is 21.0. The molecule has 4 heteroatoms. The fourth-order valence-corrected chi connectivity index (χ4v) is 6.51. The summed E-state index contributed by atoms with van der Waals surface area (Å²) in [5.41, 5.74) is 5.87. The van der Waals surface area contributed by atoms with Crippen LogP contribution in [-0.4, -0.2) is 22.7 Å². The Hall–Kier alpha value is -2.36. The number of ketones is 1. The third kappa shape index (κ3) is 2.87. The van der Waals surface area contributed by atoms with Gasteiger partial charge in [-0.05, 0) is 98.6 Å². The smallest absolute Gasteiger partial charge is 0.165 e. The van der Waals surface area contributed by atoms with Crippen molar-refractivity contribution in [1.29, 1.82) is 0 Å². The van der Waals surface area contributed by atoms with Gasteiger partial charge in [-0.1, -0.05) is 13.0 Å². The van der Waals surface area contributed by atoms with Gasteiger partial charge in [-0.25, -0.2) is 0 Å². The van der Waals surface area contributed by atoms with Gasteiger partial charge in [0.2, 0.25) is 0 Å². The summed E-state index contributed by atoms with van der Waals surface area (Å²) in [6.07, 6.45) is 9.51. The Morgan fingerprint density at radius 1 is 1.33 bits per heavy atom. The van der Waals surface area contributed by atoms with E-state index >= 15 is 0 Å². The third-order valence-electron chi connectivity index (χ3n) is 8.21. The Labute approximate surface area is 179 Å². The molecule has 1 aromatic carbocycles. The predicted octanol–water partition coefficient (Wildman–Crippen LogP) is 5.34. The third-order valence-corrected chi connectivity index (χ3v) is 8.21. The van der Waals surface area contributed by atoms with Gasteiger partial charge < -0.3 is 4.74 Å². The first-order valence-corrected chi connectivity index (χ1v) is 11.4. The second-order valence-electron chi connectivity index (χ2n) is 9.66. The summed E-state index contributed by atoms with van der Waals surface area (Å²) in [4.78, 5) is 13.5. The average Bonchev–Trinajstić information content (AvgIpc) is 3.24. The van der Waals surface area contributed by atoms with Gasteiger partial charge >= 0.3 is 0 Å². The Bertz CT molecular complexity index is 1030. The van der Waals surface area contributed by atoms with Crippen molar-refractivity contribution < 1.29 is 9.53 Å². The van der Waals surface area contributed by atoms with Crippen LogP contribution < -0.4 is 4.74 Å². The van der Waals surface area contributed by atoms with Gasteiger partial charge in [0.1, 0.15) is 5.75 Å². The Morgan fingerprint density at radius 3 is 2.90 bits per heavy atom. The molecule has 3 aliphatic rings. The number of hydrogen-bond donors (Lipinski definition) is 0. The number of carbonyl (C=O) groups is 1. The monoisotopic (exact) mass is 404 g/mol. The van der Waals surface area contributed by atoms with Gasteiger partial charge in [0, 0.05) is 23.7 Å². The lowest BCUT2D eigenvalue weighted by Crippen LogP contribution is -2.42. The molecule has 0 N–H and O–H groups in total. The van der Waals surface area contributed by atoms with Crippen LogP contribution in [-0.2, 0) is 17.8 Å². The van der Waals surface area contributed by atoms with Crippen LogP contribution in [0, 0.1) is 24.2 Å². The molecule has 0 radical (unpaired) electrons. The minimum Gasteiger partial charge on any atom is -0.497 e. The van der Waals surface area contributed by atoms with Gasteiger partial charge in [0.15, 0.2) is 5.78 Å². The first kappa shape index (κ1) is 19.6. The fourth-order valence-electron chi connectivity index (χ4n) is 6.51. The molecule has 0 spiro atoms. The molecule has 0 bridgehead atoms. The van der Waals surface area contributed by atoms with E-state index in [-0.39, 0.29) is 5.41 Å². The number of Topliss-reactive ketones (excluding diaryl/α,β-unsaturated/α-hetero) is 1. The number of carbonyl (C=O) groups excluding carboxylic acids is 1. The lowest BCUT2D eigenvalue weighted by atomic mass is 9.55. The Morgan fingerprint density at radius 2 is 2.17 bits per heavy atom. The van der Waals surface area contributed by atoms with Crippen LogP contribution in [0.2, 0.25) is 0 Å². The normalized spacial score (nSPS) is 31.4. The molecule has 0 amide bonds. The summed E-state index contributed by atoms with van der Waals surface area (Å²) in [5, 5.41) is 4.56. The number of nitrogens with zero attached hydrogens (tertiary/aromatic N) is 2. The number of aromatic nitrogens is 2. The van der Waals surface area contributed by atoms with E-state index < -0.39 is 0 Å². The largest absolute Gasteiger partial charge is 0.497 e. The highest BCUT2D eigenvalue weighted by Crippen LogP contribution is 2.60. The molecule has 1 heterocycles. The fraction of sp³-hybridized carbons (Fsp3) is 0.538. The number of allylic oxidation sites excluding steroid dienone is 1. The number of benzene rings is 1. The van der Waals surface area contributed by atoms with Crippen molar-refractivity contribution in [2.75, 3.05) is 7.11 Å². The van der Waals surface area contributed by atoms with Gasteiger partial charge in [0.25, 0.3) is 0 Å². The summed E-state index contributed by atoms with van der Waals surface area (Å²) in [6.45, 7) is 7.22. The van der Waals surface area contributed by atoms with Crippen LogP contribution >= 0.6 is 0 Å². The van der Waals surface area contributed by atoms with E-state index in [1.54, 1.807) is 7.11 Å². The van der Waals surface area contributed by atoms with Gasteiger partial charge in [-0.2, -0.15) is 5.10 Å². The SMILES string of the molecule is CCn1cc(/C=C2\CC3C4CCc5cc(OC)ccc5C4CCC3(C)C2=O)c(C)n1. The molecule has 30 heavy (non-hydrogen) atoms. The Kier molecular flexibility index (Phi) is 4.64. The van der Waals surface area contributed by atoms with Crippen molar-refractivity contribution in [3.05, 3.63) is 52.4 Å². The van der Waals surface area contributed by atoms with E-state index in [2.05, 4.69) is 49.4 Å². The summed E-state index contributed by atoms with van der Waals surface area (Å²) >= 11 is 0. The zero-order valence-corrected chi connectivity index (χ0v) is 18.6. The summed E-state index contributed by atoms with van der Waals surface area (Å²) in [7, 11) is 1.74. The molecule has 1 aromatic heterocycles. The molecular formula is C26H32N2O2. The summed E-state index contributed by atoms with van der Waals surface area (Å²) < 4.78 is 7.40. The first-order chi connectivity index (χ1) is 14.4. The molecule has 4 nitrogen and oxygen atoms in total. The maximum absolute atomic E-state index is 13.5. The molecular weight excluding hydrogens is 372 g/mol. The highest BCUT2D eigenvalue weighted by Gasteiger charge is 2.56. The molecule has 4 unspecified atom stereocenters. The van der Waals surface area contributed by atoms with Gasteiger partial charge in [-0.15, -0.1) is 0 Å². The molecule has 4 atom stereocenters. The molecule has 158 valence electrons. The van der Waals surface area contributed by atoms with Crippen LogP contribution in [0.4, 0.5) is 0 Å². The predicted molar refractivity (Wildman–Crippen MR) is 119 cm³/mol. The van der Waals surface area contributed by atoms with E-state index in [1.807, 2.05) is 11.6 Å². The highest BCUT2D eigenvalue weighted by molar-refractivity contribution is 6.06. The quantitative estimate of drug-likeness (QED) is 0.649. The number of hydrogen-bond acceptors (Lipinski definition) is 3. The van der Waals surface area contributed by atoms with E-state index in [4.69, 9.17) is 4.74 Å². The van der Waals surface area contributed by atoms with Crippen LogP contribution in [0.3, 0.4) is 0 Å². The second-order valence-corrected chi connectivity index (χ2v) is 9.66. The summed E-state index contributed by atoms with van der Waals surface area (Å²) in [6, 6.07) is 6.61. The molecule has 0 saturated heterocycles. The highest BCUT2D eigenvalue weighted by atomic mass is 16.5. The molecule has 5 rings (SSSR count). The van der Waals surface area contributed by atoms with E-state index in [1.165, 1.54) is 17.5 Å². The minimum atomic E-state index is -0.203. The lowest BCUT2D eigenvalue weighted by molar-refractivity contribution is -0.127. The second kappa shape index (κ2) is 7.11. The van der Waals surface area contributed by atoms with Crippen molar-refractivity contribution in [3.63, 3.8) is 0 Å². The maximum atomic E-state index is 13.5. The number of methoxy groups -OCH3 is 1. The Balaban J connectivity index is 1.47. The topological polar surface area (TPSA) is 44.1 Å². The lowest BCUT2D eigenvalue weighted by Gasteiger charge is -2.48. The van der Waals surface area contributed by atoms with E-state index in [0.29, 0.717) is 23.5 Å². The standard InChI is InChI=1S/C26H32N2O2/c1-5-28-15-19(16(2)27-28)12-18-14-24-23-8-6-17-13-20(30-4)7-9-21(17)22(23)10-11-26(24,3)25(18)29/h7,9,12-13,15,22-24H,5-6,8,10-11,14H2,1-4H3/b18-12+. The summed E-state index contributed by atoms with van der Waals surface area (Å²) in [5.74, 6) is 2.97. The molecule has 0 aliphatic heterocycles. The number of aryl methyl sites for hydroxylation is 3. The van der Waals surface area contributed by atoms with Crippen molar-refractivity contribution in [1.82, 2.24) is 9.78 Å². The van der Waals surface area contributed by atoms with Crippen molar-refractivity contribution >= 4 is 11.9 Å². The molecule has 2 aromatic rings. The van der Waals surface area contributed by atoms with Crippen molar-refractivity contribution in [3.8, 4) is 5.75 Å². The average molecular weight is 405 g/mol. The van der Waals surface area contributed by atoms with Crippen LogP contribution in [0.25, 0.3) is 6.08 Å². The van der Waals surface area contributed by atoms with Gasteiger partial charge in [-0.3, -0.25) is 9.48 Å². The maximum Gasteiger partial charge on any atom is 0.165 e.